The van der Waals surface area contributed by atoms with Crippen LogP contribution in [0.5, 0.6) is 0 Å². The van der Waals surface area contributed by atoms with Gasteiger partial charge in [-0.2, -0.15) is 9.97 Å². The molecule has 0 aliphatic carbocycles. The largest absolute Gasteiger partial charge is 0.309 e. The summed E-state index contributed by atoms with van der Waals surface area (Å²) in [4.78, 5) is 14.4. The van der Waals surface area contributed by atoms with Crippen LogP contribution in [0.2, 0.25) is 0 Å². The number of para-hydroxylation sites is 7. The Bertz CT molecular complexity index is 4790. The normalized spacial score (nSPS) is 17.8. The number of rotatable bonds is 5. The van der Waals surface area contributed by atoms with E-state index in [1.54, 1.807) is 48.5 Å². The van der Waals surface area contributed by atoms with Crippen LogP contribution < -0.4 is 0 Å². The Morgan fingerprint density at radius 2 is 0.895 bits per heavy atom. The van der Waals surface area contributed by atoms with Gasteiger partial charge in [-0.05, 0) is 60.5 Å². The van der Waals surface area contributed by atoms with Crippen molar-refractivity contribution in [3.8, 4) is 40.1 Å². The summed E-state index contributed by atoms with van der Waals surface area (Å²) in [5.41, 5.74) is -4.03. The zero-order chi connectivity index (χ0) is 58.3. The van der Waals surface area contributed by atoms with Gasteiger partial charge in [0, 0.05) is 49.1 Å². The van der Waals surface area contributed by atoms with Gasteiger partial charge in [0.25, 0.3) is 0 Å². The average Bonchev–Trinajstić information content (AvgIpc) is 2.07. The van der Waals surface area contributed by atoms with Gasteiger partial charge in [-0.1, -0.05) is 133 Å². The van der Waals surface area contributed by atoms with Crippen molar-refractivity contribution >= 4 is 65.4 Å². The molecule has 4 heterocycles. The van der Waals surface area contributed by atoms with Crippen molar-refractivity contribution in [1.29, 1.82) is 0 Å². The van der Waals surface area contributed by atoms with Gasteiger partial charge in [0.15, 0.2) is 11.6 Å². The van der Waals surface area contributed by atoms with Crippen LogP contribution in [0.15, 0.2) is 194 Å². The molecule has 12 rings (SSSR count). The highest BCUT2D eigenvalue weighted by molar-refractivity contribution is 6.12. The van der Waals surface area contributed by atoms with E-state index in [-0.39, 0.29) is 5.95 Å². The molecule has 6 nitrogen and oxygen atoms in total. The van der Waals surface area contributed by atoms with Crippen molar-refractivity contribution in [3.63, 3.8) is 0 Å². The summed E-state index contributed by atoms with van der Waals surface area (Å²) in [7, 11) is 0. The molecule has 0 fully saturated rings. The van der Waals surface area contributed by atoms with Crippen LogP contribution in [-0.2, 0) is 0 Å². The first-order chi connectivity index (χ1) is 38.3. The molecule has 4 aromatic heterocycles. The molecule has 0 saturated heterocycles. The van der Waals surface area contributed by atoms with E-state index in [4.69, 9.17) is 38.3 Å². The zero-order valence-corrected chi connectivity index (χ0v) is 28.8. The van der Waals surface area contributed by atoms with E-state index >= 15 is 0 Å². The van der Waals surface area contributed by atoms with Gasteiger partial charge in [-0.25, -0.2) is 4.98 Å². The fraction of sp³-hybridized carbons (Fsp3) is 0. The van der Waals surface area contributed by atoms with E-state index in [9.17, 15) is 9.60 Å². The van der Waals surface area contributed by atoms with Gasteiger partial charge in [0.05, 0.1) is 71.7 Å². The standard InChI is InChI=1S/C51H32N6/c1-2-16-34(17-3-1)55-42-24-10-4-22-39(42)40-31-30-33(32-48(40)55)49-52-50(54-51(53-49)57-45-27-13-7-20-37(45)38-21-8-14-28-46(38)57)41-23-9-15-29-47(41)56-43-25-11-5-18-35(43)36-19-6-12-26-44(36)56/h1-32H/i1D,2D,3D,4D,5D,6D,9D,10D,11D,12D,15D,16D,17D,18D,19D,22D,23D,24D,25D,26D,29D,30D,31D,32D. The molecule has 0 saturated carbocycles. The smallest absolute Gasteiger partial charge is 0.238 e. The summed E-state index contributed by atoms with van der Waals surface area (Å²) in [6.07, 6.45) is 0. The monoisotopic (exact) mass is 752 g/mol. The first kappa shape index (κ1) is 16.1. The van der Waals surface area contributed by atoms with Crippen LogP contribution in [0.3, 0.4) is 0 Å². The second kappa shape index (κ2) is 12.3. The van der Waals surface area contributed by atoms with Crippen LogP contribution in [0.25, 0.3) is 106 Å². The van der Waals surface area contributed by atoms with Crippen molar-refractivity contribution in [2.75, 3.05) is 0 Å². The van der Waals surface area contributed by atoms with Crippen molar-refractivity contribution in [2.24, 2.45) is 0 Å². The van der Waals surface area contributed by atoms with Crippen molar-refractivity contribution < 1.29 is 32.9 Å². The van der Waals surface area contributed by atoms with E-state index in [1.165, 1.54) is 4.57 Å². The Kier molecular flexibility index (Phi) is 3.49. The zero-order valence-electron chi connectivity index (χ0n) is 52.8. The third-order valence-electron chi connectivity index (χ3n) is 9.64. The first-order valence-electron chi connectivity index (χ1n) is 29.3. The number of aromatic nitrogens is 6. The maximum Gasteiger partial charge on any atom is 0.238 e. The summed E-state index contributed by atoms with van der Waals surface area (Å²) in [5, 5.41) is -0.501. The van der Waals surface area contributed by atoms with Gasteiger partial charge in [-0.15, -0.1) is 0 Å². The molecule has 0 atom stereocenters. The van der Waals surface area contributed by atoms with Crippen molar-refractivity contribution in [3.05, 3.63) is 194 Å². The van der Waals surface area contributed by atoms with Crippen LogP contribution >= 0.6 is 0 Å². The Hall–Kier alpha value is -7.83. The van der Waals surface area contributed by atoms with Crippen LogP contribution in [0.1, 0.15) is 32.9 Å². The minimum Gasteiger partial charge on any atom is -0.309 e. The highest BCUT2D eigenvalue weighted by atomic mass is 15.2. The van der Waals surface area contributed by atoms with Gasteiger partial charge in [0.1, 0.15) is 0 Å². The summed E-state index contributed by atoms with van der Waals surface area (Å²) in [6, 6.07) is -6.20. The lowest BCUT2D eigenvalue weighted by Crippen LogP contribution is -2.08. The van der Waals surface area contributed by atoms with Crippen LogP contribution in [0.4, 0.5) is 0 Å². The molecule has 0 aliphatic rings. The third-order valence-corrected chi connectivity index (χ3v) is 9.64. The fourth-order valence-electron chi connectivity index (χ4n) is 7.31. The average molecular weight is 753 g/mol. The van der Waals surface area contributed by atoms with Crippen molar-refractivity contribution in [2.45, 2.75) is 0 Å². The van der Waals surface area contributed by atoms with Gasteiger partial charge >= 0.3 is 0 Å². The highest BCUT2D eigenvalue weighted by Crippen LogP contribution is 2.38. The molecule has 0 aliphatic heterocycles. The summed E-state index contributed by atoms with van der Waals surface area (Å²) < 4.78 is 221. The molecule has 0 bridgehead atoms. The Labute approximate surface area is 360 Å². The first-order valence-corrected chi connectivity index (χ1v) is 17.3. The second-order valence-electron chi connectivity index (χ2n) is 12.7. The summed E-state index contributed by atoms with van der Waals surface area (Å²) in [5.74, 6) is -1.76. The van der Waals surface area contributed by atoms with Gasteiger partial charge in [-0.3, -0.25) is 4.57 Å². The quantitative estimate of drug-likeness (QED) is 0.176. The van der Waals surface area contributed by atoms with Crippen LogP contribution in [-0.4, -0.2) is 28.7 Å². The summed E-state index contributed by atoms with van der Waals surface area (Å²) in [6.45, 7) is 0. The number of nitrogens with zero attached hydrogens (tertiary/aromatic N) is 6. The minimum absolute atomic E-state index is 0.368. The Morgan fingerprint density at radius 3 is 1.56 bits per heavy atom. The molecule has 8 aromatic carbocycles. The predicted octanol–water partition coefficient (Wildman–Crippen LogP) is 12.5. The highest BCUT2D eigenvalue weighted by Gasteiger charge is 2.22. The molecule has 0 N–H and O–H groups in total. The number of hydrogen-bond acceptors (Lipinski definition) is 3. The van der Waals surface area contributed by atoms with Gasteiger partial charge in [0.2, 0.25) is 5.95 Å². The lowest BCUT2D eigenvalue weighted by molar-refractivity contribution is 0.952. The Morgan fingerprint density at radius 1 is 0.368 bits per heavy atom. The molecule has 12 aromatic rings. The molecule has 266 valence electrons. The van der Waals surface area contributed by atoms with E-state index in [1.807, 2.05) is 0 Å². The molecule has 0 spiro atoms. The van der Waals surface area contributed by atoms with E-state index in [2.05, 4.69) is 0 Å². The molecule has 6 heteroatoms. The van der Waals surface area contributed by atoms with E-state index < -0.39 is 223 Å². The fourth-order valence-corrected chi connectivity index (χ4v) is 7.31. The molecule has 0 radical (unpaired) electrons. The number of hydrogen-bond donors (Lipinski definition) is 0. The number of fused-ring (bicyclic) bond motifs is 9. The second-order valence-corrected chi connectivity index (χ2v) is 12.7. The van der Waals surface area contributed by atoms with E-state index in [0.717, 1.165) is 9.13 Å². The predicted molar refractivity (Wildman–Crippen MR) is 234 cm³/mol. The SMILES string of the molecule is [2H]c1c([2H])c([2H])c(-n2c3c([2H])c([2H])c([2H])c([2H])c3c3c([2H])c([2H])c(-c4nc(-c5c([2H])c([2H])c([2H])c([2H])c5-n5c6c([2H])c([2H])c([2H])c([2H])c6c6c([2H])c([2H])c([2H])c([2H])c65)nc(-n5c6ccccc6c6ccccc65)n4)c([2H])c32)c([2H])c1[2H]. The molecule has 0 amide bonds. The van der Waals surface area contributed by atoms with Crippen LogP contribution in [0, 0.1) is 0 Å². The van der Waals surface area contributed by atoms with Gasteiger partial charge < -0.3 is 9.13 Å². The van der Waals surface area contributed by atoms with Crippen molar-refractivity contribution in [1.82, 2.24) is 28.7 Å². The Balaban J connectivity index is 1.32. The maximum atomic E-state index is 10.1. The summed E-state index contributed by atoms with van der Waals surface area (Å²) >= 11 is 0. The lowest BCUT2D eigenvalue weighted by Gasteiger charge is -2.15. The lowest BCUT2D eigenvalue weighted by atomic mass is 10.1. The third kappa shape index (κ3) is 4.74. The minimum atomic E-state index is -0.926. The molecular formula is C51H32N6. The van der Waals surface area contributed by atoms with E-state index in [0.29, 0.717) is 21.8 Å². The topological polar surface area (TPSA) is 53.5 Å². The molecular weight excluding hydrogens is 697 g/mol. The molecule has 57 heavy (non-hydrogen) atoms. The number of benzene rings is 8. The maximum absolute atomic E-state index is 10.1. The molecule has 0 unspecified atom stereocenters.